The number of carbonyl (C=O) groups is 2. The van der Waals surface area contributed by atoms with E-state index in [1.165, 1.54) is 17.0 Å². The number of morpholine rings is 1. The number of hydrogen-bond donors (Lipinski definition) is 1. The Hall–Kier alpha value is -2.64. The zero-order chi connectivity index (χ0) is 18.2. The van der Waals surface area contributed by atoms with Crippen LogP contribution in [-0.4, -0.2) is 34.3 Å². The van der Waals surface area contributed by atoms with Gasteiger partial charge in [-0.05, 0) is 25.3 Å². The SMILES string of the molecule is CC(C)CC1(C)C(=O)OC(c2ccc([N+](=O)[O-])cc2N)C(=O)N1C. The molecule has 24 heavy (non-hydrogen) atoms. The number of nitro benzene ring substituents is 1. The van der Waals surface area contributed by atoms with Crippen molar-refractivity contribution < 1.29 is 19.2 Å². The van der Waals surface area contributed by atoms with Gasteiger partial charge in [-0.1, -0.05) is 13.8 Å². The lowest BCUT2D eigenvalue weighted by Crippen LogP contribution is -2.60. The van der Waals surface area contributed by atoms with Crippen LogP contribution in [0.3, 0.4) is 0 Å². The Morgan fingerprint density at radius 2 is 2.04 bits per heavy atom. The number of nitrogens with zero attached hydrogens (tertiary/aromatic N) is 2. The van der Waals surface area contributed by atoms with Crippen molar-refractivity contribution in [2.75, 3.05) is 12.8 Å². The summed E-state index contributed by atoms with van der Waals surface area (Å²) in [7, 11) is 1.56. The van der Waals surface area contributed by atoms with E-state index in [0.717, 1.165) is 6.07 Å². The second kappa shape index (κ2) is 6.10. The monoisotopic (exact) mass is 335 g/mol. The van der Waals surface area contributed by atoms with Crippen molar-refractivity contribution >= 4 is 23.3 Å². The standard InChI is InChI=1S/C16H21N3O5/c1-9(2)8-16(3)15(21)24-13(14(20)18(16)4)11-6-5-10(19(22)23)7-12(11)17/h5-7,9,13H,8,17H2,1-4H3. The second-order valence-corrected chi connectivity index (χ2v) is 6.62. The average molecular weight is 335 g/mol. The first-order chi connectivity index (χ1) is 11.1. The van der Waals surface area contributed by atoms with Crippen LogP contribution in [-0.2, 0) is 14.3 Å². The normalized spacial score (nSPS) is 24.2. The molecule has 2 unspecified atom stereocenters. The number of nitro groups is 1. The van der Waals surface area contributed by atoms with E-state index in [-0.39, 0.29) is 22.9 Å². The highest BCUT2D eigenvalue weighted by molar-refractivity contribution is 5.96. The molecule has 0 saturated carbocycles. The van der Waals surface area contributed by atoms with E-state index < -0.39 is 28.4 Å². The lowest BCUT2D eigenvalue weighted by Gasteiger charge is -2.44. The van der Waals surface area contributed by atoms with Gasteiger partial charge in [-0.25, -0.2) is 4.79 Å². The van der Waals surface area contributed by atoms with Crippen molar-refractivity contribution in [1.29, 1.82) is 0 Å². The molecule has 1 saturated heterocycles. The topological polar surface area (TPSA) is 116 Å². The smallest absolute Gasteiger partial charge is 0.332 e. The molecule has 1 heterocycles. The summed E-state index contributed by atoms with van der Waals surface area (Å²) >= 11 is 0. The van der Waals surface area contributed by atoms with E-state index in [2.05, 4.69) is 0 Å². The van der Waals surface area contributed by atoms with Crippen LogP contribution in [0.25, 0.3) is 0 Å². The van der Waals surface area contributed by atoms with Gasteiger partial charge in [-0.2, -0.15) is 0 Å². The zero-order valence-electron chi connectivity index (χ0n) is 14.1. The number of cyclic esters (lactones) is 1. The lowest BCUT2D eigenvalue weighted by molar-refractivity contribution is -0.384. The number of rotatable bonds is 4. The minimum atomic E-state index is -1.19. The van der Waals surface area contributed by atoms with E-state index in [4.69, 9.17) is 10.5 Å². The Morgan fingerprint density at radius 1 is 1.42 bits per heavy atom. The van der Waals surface area contributed by atoms with Crippen LogP contribution in [0.2, 0.25) is 0 Å². The summed E-state index contributed by atoms with van der Waals surface area (Å²) < 4.78 is 5.37. The molecule has 130 valence electrons. The maximum Gasteiger partial charge on any atom is 0.332 e. The lowest BCUT2D eigenvalue weighted by atomic mass is 9.87. The number of anilines is 1. The summed E-state index contributed by atoms with van der Waals surface area (Å²) in [4.78, 5) is 36.8. The first-order valence-corrected chi connectivity index (χ1v) is 7.60. The summed E-state index contributed by atoms with van der Waals surface area (Å²) in [6.45, 7) is 5.58. The highest BCUT2D eigenvalue weighted by Gasteiger charge is 2.50. The van der Waals surface area contributed by atoms with Crippen molar-refractivity contribution in [1.82, 2.24) is 4.90 Å². The molecule has 1 aliphatic heterocycles. The van der Waals surface area contributed by atoms with Gasteiger partial charge in [0.2, 0.25) is 6.10 Å². The number of ether oxygens (including phenoxy) is 1. The molecule has 2 rings (SSSR count). The fourth-order valence-corrected chi connectivity index (χ4v) is 2.97. The summed E-state index contributed by atoms with van der Waals surface area (Å²) in [5.41, 5.74) is 4.88. The third-order valence-corrected chi connectivity index (χ3v) is 4.33. The molecule has 2 N–H and O–H groups in total. The molecule has 8 nitrogen and oxygen atoms in total. The van der Waals surface area contributed by atoms with Crippen molar-refractivity contribution in [2.45, 2.75) is 38.8 Å². The number of carbonyl (C=O) groups excluding carboxylic acids is 2. The Kier molecular flexibility index (Phi) is 4.50. The fourth-order valence-electron chi connectivity index (χ4n) is 2.97. The Labute approximate surface area is 139 Å². The number of likely N-dealkylation sites (N-methyl/N-ethyl adjacent to an activating group) is 1. The van der Waals surface area contributed by atoms with Crippen LogP contribution < -0.4 is 5.73 Å². The minimum absolute atomic E-state index is 0.0382. The molecular weight excluding hydrogens is 314 g/mol. The molecule has 0 bridgehead atoms. The number of nitrogens with two attached hydrogens (primary N) is 1. The van der Waals surface area contributed by atoms with Gasteiger partial charge < -0.3 is 15.4 Å². The highest BCUT2D eigenvalue weighted by Crippen LogP contribution is 2.37. The fraction of sp³-hybridized carbons (Fsp3) is 0.500. The molecule has 1 amide bonds. The molecule has 0 aliphatic carbocycles. The van der Waals surface area contributed by atoms with Crippen LogP contribution in [0.15, 0.2) is 18.2 Å². The van der Waals surface area contributed by atoms with Gasteiger partial charge in [0.15, 0.2) is 0 Å². The maximum absolute atomic E-state index is 12.7. The molecule has 0 radical (unpaired) electrons. The third kappa shape index (κ3) is 2.91. The predicted molar refractivity (Wildman–Crippen MR) is 87.0 cm³/mol. The minimum Gasteiger partial charge on any atom is -0.445 e. The first kappa shape index (κ1) is 17.7. The number of hydrogen-bond acceptors (Lipinski definition) is 6. The second-order valence-electron chi connectivity index (χ2n) is 6.62. The Bertz CT molecular complexity index is 703. The van der Waals surface area contributed by atoms with Gasteiger partial charge in [0.1, 0.15) is 5.54 Å². The van der Waals surface area contributed by atoms with Gasteiger partial charge in [0.05, 0.1) is 4.92 Å². The Morgan fingerprint density at radius 3 is 2.54 bits per heavy atom. The summed E-state index contributed by atoms with van der Waals surface area (Å²) in [5, 5.41) is 10.8. The number of nitrogen functional groups attached to an aromatic ring is 1. The highest BCUT2D eigenvalue weighted by atomic mass is 16.6. The van der Waals surface area contributed by atoms with Gasteiger partial charge in [-0.15, -0.1) is 0 Å². The Balaban J connectivity index is 2.37. The maximum atomic E-state index is 12.7. The quantitative estimate of drug-likeness (QED) is 0.389. The first-order valence-electron chi connectivity index (χ1n) is 7.60. The predicted octanol–water partition coefficient (Wildman–Crippen LogP) is 2.04. The van der Waals surface area contributed by atoms with Gasteiger partial charge in [0, 0.05) is 30.4 Å². The zero-order valence-corrected chi connectivity index (χ0v) is 14.1. The molecule has 0 aromatic heterocycles. The van der Waals surface area contributed by atoms with Gasteiger partial charge in [0.25, 0.3) is 11.6 Å². The number of non-ortho nitro benzene ring substituents is 1. The third-order valence-electron chi connectivity index (χ3n) is 4.33. The molecule has 8 heteroatoms. The van der Waals surface area contributed by atoms with Crippen LogP contribution >= 0.6 is 0 Å². The van der Waals surface area contributed by atoms with Crippen molar-refractivity contribution in [2.24, 2.45) is 5.92 Å². The van der Waals surface area contributed by atoms with Crippen molar-refractivity contribution in [3.63, 3.8) is 0 Å². The largest absolute Gasteiger partial charge is 0.445 e. The molecule has 0 spiro atoms. The van der Waals surface area contributed by atoms with E-state index in [1.54, 1.807) is 14.0 Å². The number of benzene rings is 1. The van der Waals surface area contributed by atoms with E-state index in [1.807, 2.05) is 13.8 Å². The van der Waals surface area contributed by atoms with E-state index in [9.17, 15) is 19.7 Å². The number of amides is 1. The molecule has 1 fully saturated rings. The summed E-state index contributed by atoms with van der Waals surface area (Å²) in [5.74, 6) is -0.724. The number of esters is 1. The molecule has 1 aromatic carbocycles. The molecule has 1 aromatic rings. The van der Waals surface area contributed by atoms with Crippen LogP contribution in [0.5, 0.6) is 0 Å². The van der Waals surface area contributed by atoms with Crippen molar-refractivity contribution in [3.8, 4) is 0 Å². The summed E-state index contributed by atoms with van der Waals surface area (Å²) in [6.07, 6.45) is -0.722. The molecular formula is C16H21N3O5. The van der Waals surface area contributed by atoms with Crippen molar-refractivity contribution in [3.05, 3.63) is 33.9 Å². The van der Waals surface area contributed by atoms with Crippen LogP contribution in [0, 0.1) is 16.0 Å². The average Bonchev–Trinajstić information content (AvgIpc) is 2.49. The van der Waals surface area contributed by atoms with Crippen LogP contribution in [0.4, 0.5) is 11.4 Å². The molecule has 2 atom stereocenters. The van der Waals surface area contributed by atoms with Gasteiger partial charge >= 0.3 is 5.97 Å². The molecule has 1 aliphatic rings. The van der Waals surface area contributed by atoms with E-state index in [0.29, 0.717) is 6.42 Å². The van der Waals surface area contributed by atoms with Crippen LogP contribution in [0.1, 0.15) is 38.9 Å². The van der Waals surface area contributed by atoms with Gasteiger partial charge in [-0.3, -0.25) is 14.9 Å². The summed E-state index contributed by atoms with van der Waals surface area (Å²) in [6, 6.07) is 3.73. The van der Waals surface area contributed by atoms with E-state index >= 15 is 0 Å².